The van der Waals surface area contributed by atoms with E-state index < -0.39 is 5.91 Å². The van der Waals surface area contributed by atoms with E-state index in [1.807, 2.05) is 18.3 Å². The van der Waals surface area contributed by atoms with Crippen molar-refractivity contribution >= 4 is 35.1 Å². The summed E-state index contributed by atoms with van der Waals surface area (Å²) < 4.78 is 0. The van der Waals surface area contributed by atoms with Crippen molar-refractivity contribution in [1.29, 1.82) is 0 Å². The summed E-state index contributed by atoms with van der Waals surface area (Å²) in [6.45, 7) is 6.74. The van der Waals surface area contributed by atoms with E-state index in [2.05, 4.69) is 49.3 Å². The average Bonchev–Trinajstić information content (AvgIpc) is 2.86. The van der Waals surface area contributed by atoms with Crippen molar-refractivity contribution in [3.8, 4) is 0 Å². The molecule has 0 bridgehead atoms. The number of nitrogens with one attached hydrogen (secondary N) is 2. The standard InChI is InChI=1S/C24H36N10O2/c1-16-18(28-24(36)31(2)3)6-5-9-34(16)20-15-27-21(22(25)35)23(30-20)29-19-8-7-17(14-26-19)33-12-10-32(4)11-13-33/h7-8,14-16,18H,5-6,9-13H2,1-4H3,(H2,25,35)(H,28,36)(H,26,29,30)/t16-,18-/m1/s1. The summed E-state index contributed by atoms with van der Waals surface area (Å²) in [6, 6.07) is 3.70. The molecular formula is C24H36N10O2. The molecule has 12 nitrogen and oxygen atoms in total. The Morgan fingerprint density at radius 1 is 1.08 bits per heavy atom. The fraction of sp³-hybridized carbons (Fsp3) is 0.542. The average molecular weight is 497 g/mol. The number of pyridine rings is 1. The monoisotopic (exact) mass is 496 g/mol. The first-order valence-corrected chi connectivity index (χ1v) is 12.3. The summed E-state index contributed by atoms with van der Waals surface area (Å²) in [7, 11) is 5.56. The second-order valence-electron chi connectivity index (χ2n) is 9.63. The number of carbonyl (C=O) groups is 2. The van der Waals surface area contributed by atoms with Crippen LogP contribution < -0.4 is 26.2 Å². The molecule has 0 spiro atoms. The highest BCUT2D eigenvalue weighted by Gasteiger charge is 2.31. The maximum Gasteiger partial charge on any atom is 0.317 e. The summed E-state index contributed by atoms with van der Waals surface area (Å²) in [5.41, 5.74) is 6.68. The maximum absolute atomic E-state index is 12.2. The van der Waals surface area contributed by atoms with Crippen molar-refractivity contribution in [3.05, 3.63) is 30.2 Å². The van der Waals surface area contributed by atoms with Gasteiger partial charge in [0, 0.05) is 52.9 Å². The van der Waals surface area contributed by atoms with E-state index in [4.69, 9.17) is 10.7 Å². The van der Waals surface area contributed by atoms with Gasteiger partial charge in [0.05, 0.1) is 24.1 Å². The molecule has 4 N–H and O–H groups in total. The van der Waals surface area contributed by atoms with Gasteiger partial charge in [-0.2, -0.15) is 0 Å². The van der Waals surface area contributed by atoms with E-state index >= 15 is 0 Å². The van der Waals surface area contributed by atoms with Crippen LogP contribution in [0.4, 0.5) is 27.9 Å². The van der Waals surface area contributed by atoms with E-state index in [0.717, 1.165) is 51.3 Å². The minimum Gasteiger partial charge on any atom is -0.368 e. The molecule has 2 aliphatic heterocycles. The molecule has 2 atom stereocenters. The van der Waals surface area contributed by atoms with Gasteiger partial charge in [-0.15, -0.1) is 0 Å². The maximum atomic E-state index is 12.2. The summed E-state index contributed by atoms with van der Waals surface area (Å²) in [5.74, 6) is 0.734. The van der Waals surface area contributed by atoms with Crippen LogP contribution in [0.2, 0.25) is 0 Å². The number of hydrogen-bond acceptors (Lipinski definition) is 9. The summed E-state index contributed by atoms with van der Waals surface area (Å²) in [4.78, 5) is 46.1. The third kappa shape index (κ3) is 5.76. The molecule has 2 fully saturated rings. The van der Waals surface area contributed by atoms with Crippen LogP contribution in [0.3, 0.4) is 0 Å². The molecule has 2 saturated heterocycles. The Balaban J connectivity index is 1.52. The molecule has 4 heterocycles. The molecule has 3 amide bonds. The molecule has 0 unspecified atom stereocenters. The lowest BCUT2D eigenvalue weighted by molar-refractivity contribution is 0.0996. The molecule has 2 aliphatic rings. The highest BCUT2D eigenvalue weighted by molar-refractivity contribution is 5.96. The van der Waals surface area contributed by atoms with Gasteiger partial charge in [-0.3, -0.25) is 4.79 Å². The Morgan fingerprint density at radius 2 is 1.83 bits per heavy atom. The highest BCUT2D eigenvalue weighted by Crippen LogP contribution is 2.27. The molecule has 12 heteroatoms. The highest BCUT2D eigenvalue weighted by atomic mass is 16.2. The van der Waals surface area contributed by atoms with Crippen molar-refractivity contribution in [2.45, 2.75) is 31.8 Å². The largest absolute Gasteiger partial charge is 0.368 e. The number of hydrogen-bond donors (Lipinski definition) is 3. The van der Waals surface area contributed by atoms with Crippen LogP contribution >= 0.6 is 0 Å². The Morgan fingerprint density at radius 3 is 2.47 bits per heavy atom. The summed E-state index contributed by atoms with van der Waals surface area (Å²) in [5, 5.41) is 6.21. The van der Waals surface area contributed by atoms with Crippen LogP contribution in [-0.2, 0) is 0 Å². The molecule has 0 radical (unpaired) electrons. The van der Waals surface area contributed by atoms with Crippen LogP contribution in [0.25, 0.3) is 0 Å². The van der Waals surface area contributed by atoms with Gasteiger partial charge in [0.1, 0.15) is 11.6 Å². The number of anilines is 4. The Labute approximate surface area is 211 Å². The fourth-order valence-corrected chi connectivity index (χ4v) is 4.57. The zero-order valence-corrected chi connectivity index (χ0v) is 21.4. The van der Waals surface area contributed by atoms with E-state index in [-0.39, 0.29) is 29.6 Å². The smallest absolute Gasteiger partial charge is 0.317 e. The number of rotatable bonds is 6. The second-order valence-corrected chi connectivity index (χ2v) is 9.63. The lowest BCUT2D eigenvalue weighted by Crippen LogP contribution is -2.56. The SMILES string of the molecule is C[C@@H]1[C@H](NC(=O)N(C)C)CCCN1c1cnc(C(N)=O)c(Nc2ccc(N3CCN(C)CC3)cn2)n1. The van der Waals surface area contributed by atoms with Crippen LogP contribution in [0.15, 0.2) is 24.5 Å². The van der Waals surface area contributed by atoms with Gasteiger partial charge in [-0.05, 0) is 38.9 Å². The first-order chi connectivity index (χ1) is 17.2. The number of nitrogens with zero attached hydrogens (tertiary/aromatic N) is 7. The van der Waals surface area contributed by atoms with Crippen molar-refractivity contribution in [2.75, 3.05) is 69.0 Å². The van der Waals surface area contributed by atoms with Crippen LogP contribution in [0.1, 0.15) is 30.3 Å². The molecule has 0 aliphatic carbocycles. The number of likely N-dealkylation sites (N-methyl/N-ethyl adjacent to an activating group) is 1. The fourth-order valence-electron chi connectivity index (χ4n) is 4.57. The molecule has 2 aromatic heterocycles. The number of urea groups is 1. The predicted octanol–water partition coefficient (Wildman–Crippen LogP) is 1.09. The van der Waals surface area contributed by atoms with E-state index in [0.29, 0.717) is 11.6 Å². The van der Waals surface area contributed by atoms with Crippen molar-refractivity contribution in [1.82, 2.24) is 30.1 Å². The van der Waals surface area contributed by atoms with Gasteiger partial charge in [-0.25, -0.2) is 19.7 Å². The van der Waals surface area contributed by atoms with Gasteiger partial charge >= 0.3 is 6.03 Å². The van der Waals surface area contributed by atoms with Crippen LogP contribution in [0.5, 0.6) is 0 Å². The lowest BCUT2D eigenvalue weighted by Gasteiger charge is -2.40. The van der Waals surface area contributed by atoms with Gasteiger partial charge in [0.25, 0.3) is 5.91 Å². The number of carbonyl (C=O) groups excluding carboxylic acids is 2. The molecule has 0 saturated carbocycles. The number of amides is 3. The summed E-state index contributed by atoms with van der Waals surface area (Å²) >= 11 is 0. The van der Waals surface area contributed by atoms with Crippen LogP contribution in [0, 0.1) is 0 Å². The Kier molecular flexibility index (Phi) is 7.73. The lowest BCUT2D eigenvalue weighted by atomic mass is 9.97. The van der Waals surface area contributed by atoms with Crippen molar-refractivity contribution < 1.29 is 9.59 Å². The first-order valence-electron chi connectivity index (χ1n) is 12.3. The quantitative estimate of drug-likeness (QED) is 0.537. The van der Waals surface area contributed by atoms with E-state index in [9.17, 15) is 9.59 Å². The third-order valence-corrected chi connectivity index (χ3v) is 6.85. The zero-order chi connectivity index (χ0) is 25.8. The number of nitrogens with two attached hydrogens (primary N) is 1. The molecular weight excluding hydrogens is 460 g/mol. The molecule has 2 aromatic rings. The minimum absolute atomic E-state index is 0.00905. The van der Waals surface area contributed by atoms with Crippen LogP contribution in [-0.4, -0.2) is 103 Å². The summed E-state index contributed by atoms with van der Waals surface area (Å²) in [6.07, 6.45) is 5.14. The van der Waals surface area contributed by atoms with Gasteiger partial charge in [0.15, 0.2) is 11.5 Å². The number of primary amides is 1. The first kappa shape index (κ1) is 25.4. The van der Waals surface area contributed by atoms with E-state index in [1.54, 1.807) is 20.3 Å². The molecule has 194 valence electrons. The second kappa shape index (κ2) is 10.9. The predicted molar refractivity (Wildman–Crippen MR) is 140 cm³/mol. The number of piperidine rings is 1. The van der Waals surface area contributed by atoms with Crippen molar-refractivity contribution in [3.63, 3.8) is 0 Å². The topological polar surface area (TPSA) is 136 Å². The number of aromatic nitrogens is 3. The van der Waals surface area contributed by atoms with Gasteiger partial charge < -0.3 is 36.0 Å². The normalized spacial score (nSPS) is 20.7. The zero-order valence-electron chi connectivity index (χ0n) is 21.4. The van der Waals surface area contributed by atoms with Gasteiger partial charge in [-0.1, -0.05) is 0 Å². The number of piperazine rings is 1. The Bertz CT molecular complexity index is 1070. The molecule has 0 aromatic carbocycles. The molecule has 36 heavy (non-hydrogen) atoms. The third-order valence-electron chi connectivity index (χ3n) is 6.85. The Hall–Kier alpha value is -3.67. The van der Waals surface area contributed by atoms with Crippen molar-refractivity contribution in [2.24, 2.45) is 5.73 Å². The van der Waals surface area contributed by atoms with Gasteiger partial charge in [0.2, 0.25) is 0 Å². The minimum atomic E-state index is -0.673. The van der Waals surface area contributed by atoms with E-state index in [1.165, 1.54) is 4.90 Å². The molecule has 4 rings (SSSR count).